The second kappa shape index (κ2) is 20.3. The van der Waals surface area contributed by atoms with E-state index in [-0.39, 0.29) is 40.0 Å². The molecule has 0 spiro atoms. The van der Waals surface area contributed by atoms with E-state index < -0.39 is 0 Å². The summed E-state index contributed by atoms with van der Waals surface area (Å²) >= 11 is 0. The molecule has 0 saturated heterocycles. The molecule has 2 nitrogen and oxygen atoms in total. The van der Waals surface area contributed by atoms with Crippen molar-refractivity contribution in [2.75, 3.05) is 20.0 Å². The Labute approximate surface area is 121 Å². The molecule has 0 atom stereocenters. The minimum Gasteiger partial charge on any atom is -1.00 e. The zero-order chi connectivity index (χ0) is 9.78. The van der Waals surface area contributed by atoms with Gasteiger partial charge in [0.15, 0.2) is 0 Å². The topological polar surface area (TPSA) is 18.5 Å². The van der Waals surface area contributed by atoms with Crippen LogP contribution in [0.4, 0.5) is 0 Å². The van der Waals surface area contributed by atoms with Gasteiger partial charge in [-0.25, -0.2) is 0 Å². The Hall–Kier alpha value is 0.906. The monoisotopic (exact) mass is 288 g/mol. The van der Waals surface area contributed by atoms with Gasteiger partial charge < -0.3 is 33.4 Å². The van der Waals surface area contributed by atoms with Crippen molar-refractivity contribution in [3.8, 4) is 0 Å². The van der Waals surface area contributed by atoms with Crippen LogP contribution in [0.1, 0.15) is 32.6 Å². The van der Waals surface area contributed by atoms with Gasteiger partial charge in [0, 0.05) is 6.61 Å². The fraction of sp³-hybridized carbons (Fsp3) is 0.727. The van der Waals surface area contributed by atoms with Crippen molar-refractivity contribution in [3.63, 3.8) is 0 Å². The summed E-state index contributed by atoms with van der Waals surface area (Å²) in [5.41, 5.74) is 0. The SMILES string of the molecule is [Br-].[CH2-]C/C=C/CCOCOCCCC.[Mg+2]. The van der Waals surface area contributed by atoms with Gasteiger partial charge in [-0.1, -0.05) is 19.4 Å². The third-order valence-corrected chi connectivity index (χ3v) is 1.57. The standard InChI is InChI=1S/C11H21O2.BrH.Mg/c1-3-5-7-8-10-13-11-12-9-6-4-2;;/h5,7H,1,3-4,6,8-11H2,2H3;1H;/q-1;;+2/p-1/b7-5+;;. The van der Waals surface area contributed by atoms with E-state index in [9.17, 15) is 0 Å². The van der Waals surface area contributed by atoms with Gasteiger partial charge >= 0.3 is 23.1 Å². The molecular weight excluding hydrogens is 268 g/mol. The van der Waals surface area contributed by atoms with Crippen LogP contribution >= 0.6 is 0 Å². The zero-order valence-corrected chi connectivity index (χ0v) is 12.7. The van der Waals surface area contributed by atoms with Crippen molar-refractivity contribution in [1.82, 2.24) is 0 Å². The third kappa shape index (κ3) is 20.9. The summed E-state index contributed by atoms with van der Waals surface area (Å²) in [4.78, 5) is 0. The average molecular weight is 289 g/mol. The van der Waals surface area contributed by atoms with Gasteiger partial charge in [0.2, 0.25) is 0 Å². The van der Waals surface area contributed by atoms with Crippen molar-refractivity contribution in [3.05, 3.63) is 19.1 Å². The summed E-state index contributed by atoms with van der Waals surface area (Å²) in [5.74, 6) is 0. The molecule has 86 valence electrons. The molecule has 0 aliphatic rings. The molecule has 0 unspecified atom stereocenters. The summed E-state index contributed by atoms with van der Waals surface area (Å²) in [5, 5.41) is 0. The third-order valence-electron chi connectivity index (χ3n) is 1.57. The van der Waals surface area contributed by atoms with Crippen LogP contribution in [-0.4, -0.2) is 43.1 Å². The van der Waals surface area contributed by atoms with Crippen molar-refractivity contribution in [2.24, 2.45) is 0 Å². The number of unbranched alkanes of at least 4 members (excludes halogenated alkanes) is 1. The molecule has 0 rings (SSSR count). The number of hydrogen-bond donors (Lipinski definition) is 0. The van der Waals surface area contributed by atoms with Crippen LogP contribution in [0.25, 0.3) is 0 Å². The average Bonchev–Trinajstić information content (AvgIpc) is 2.16. The van der Waals surface area contributed by atoms with Gasteiger partial charge in [0.1, 0.15) is 6.79 Å². The predicted octanol–water partition coefficient (Wildman–Crippen LogP) is -0.429. The van der Waals surface area contributed by atoms with E-state index in [2.05, 4.69) is 19.9 Å². The molecule has 4 heteroatoms. The molecule has 0 radical (unpaired) electrons. The Kier molecular flexibility index (Phi) is 28.8. The van der Waals surface area contributed by atoms with Crippen LogP contribution in [0.5, 0.6) is 0 Å². The van der Waals surface area contributed by atoms with E-state index in [1.165, 1.54) is 6.42 Å². The fourth-order valence-corrected chi connectivity index (χ4v) is 0.810. The Balaban J connectivity index is -0.000000720. The van der Waals surface area contributed by atoms with E-state index in [1.807, 2.05) is 6.08 Å². The maximum atomic E-state index is 5.23. The molecule has 0 bridgehead atoms. The van der Waals surface area contributed by atoms with Crippen LogP contribution in [0.15, 0.2) is 12.2 Å². The predicted molar refractivity (Wildman–Crippen MR) is 61.2 cm³/mol. The number of ether oxygens (including phenoxy) is 2. The van der Waals surface area contributed by atoms with E-state index in [1.54, 1.807) is 0 Å². The minimum atomic E-state index is 0. The largest absolute Gasteiger partial charge is 2.00 e. The second-order valence-electron chi connectivity index (χ2n) is 2.84. The number of hydrogen-bond acceptors (Lipinski definition) is 2. The number of allylic oxidation sites excluding steroid dienone is 1. The quantitative estimate of drug-likeness (QED) is 0.189. The molecule has 0 fully saturated rings. The Morgan fingerprint density at radius 2 is 1.80 bits per heavy atom. The first-order valence-corrected chi connectivity index (χ1v) is 5.01. The summed E-state index contributed by atoms with van der Waals surface area (Å²) in [6.07, 6.45) is 8.22. The van der Waals surface area contributed by atoms with Gasteiger partial charge in [-0.3, -0.25) is 0 Å². The van der Waals surface area contributed by atoms with Crippen molar-refractivity contribution in [2.45, 2.75) is 32.6 Å². The van der Waals surface area contributed by atoms with Crippen molar-refractivity contribution < 1.29 is 26.5 Å². The van der Waals surface area contributed by atoms with Crippen molar-refractivity contribution in [1.29, 1.82) is 0 Å². The summed E-state index contributed by atoms with van der Waals surface area (Å²) in [6.45, 7) is 7.83. The van der Waals surface area contributed by atoms with Crippen molar-refractivity contribution >= 4 is 23.1 Å². The second-order valence-corrected chi connectivity index (χ2v) is 2.84. The van der Waals surface area contributed by atoms with Crippen LogP contribution in [-0.2, 0) is 9.47 Å². The van der Waals surface area contributed by atoms with Crippen LogP contribution in [0, 0.1) is 6.92 Å². The van der Waals surface area contributed by atoms with Gasteiger partial charge in [0.25, 0.3) is 0 Å². The molecule has 0 heterocycles. The van der Waals surface area contributed by atoms with Crippen LogP contribution in [0.3, 0.4) is 0 Å². The molecule has 0 amide bonds. The maximum absolute atomic E-state index is 5.23. The Morgan fingerprint density at radius 1 is 1.13 bits per heavy atom. The van der Waals surface area contributed by atoms with E-state index in [0.29, 0.717) is 6.79 Å². The molecule has 0 aliphatic carbocycles. The number of rotatable bonds is 9. The molecule has 0 N–H and O–H groups in total. The van der Waals surface area contributed by atoms with Gasteiger partial charge in [-0.2, -0.15) is 6.42 Å². The Morgan fingerprint density at radius 3 is 2.40 bits per heavy atom. The van der Waals surface area contributed by atoms with E-state index in [4.69, 9.17) is 9.47 Å². The molecule has 0 aromatic rings. The normalized spacial score (nSPS) is 9.73. The van der Waals surface area contributed by atoms with Gasteiger partial charge in [0.05, 0.1) is 6.61 Å². The first kappa shape index (κ1) is 21.2. The van der Waals surface area contributed by atoms with Crippen LogP contribution in [0.2, 0.25) is 0 Å². The zero-order valence-electron chi connectivity index (χ0n) is 9.71. The molecule has 15 heavy (non-hydrogen) atoms. The van der Waals surface area contributed by atoms with Crippen LogP contribution < -0.4 is 17.0 Å². The molecule has 0 aromatic carbocycles. The van der Waals surface area contributed by atoms with Gasteiger partial charge in [-0.15, -0.1) is 6.08 Å². The first-order valence-electron chi connectivity index (χ1n) is 5.01. The summed E-state index contributed by atoms with van der Waals surface area (Å²) in [6, 6.07) is 0. The Bertz CT molecular complexity index is 121. The minimum absolute atomic E-state index is 0. The summed E-state index contributed by atoms with van der Waals surface area (Å²) < 4.78 is 10.5. The van der Waals surface area contributed by atoms with Gasteiger partial charge in [-0.05, 0) is 12.8 Å². The molecule has 0 aliphatic heterocycles. The number of halogens is 1. The summed E-state index contributed by atoms with van der Waals surface area (Å²) in [7, 11) is 0. The molecule has 0 aromatic heterocycles. The molecule has 0 saturated carbocycles. The maximum Gasteiger partial charge on any atom is 2.00 e. The van der Waals surface area contributed by atoms with E-state index >= 15 is 0 Å². The molecular formula is C11H21BrMgO2. The first-order chi connectivity index (χ1) is 6.41. The fourth-order valence-electron chi connectivity index (χ4n) is 0.810. The van der Waals surface area contributed by atoms with E-state index in [0.717, 1.165) is 32.5 Å². The smallest absolute Gasteiger partial charge is 1.00 e.